The average Bonchev–Trinajstić information content (AvgIpc) is 2.34. The number of nitrogen functional groups attached to an aromatic ring is 1. The molecule has 0 atom stereocenters. The highest BCUT2D eigenvalue weighted by Gasteiger charge is 2.05. The summed E-state index contributed by atoms with van der Waals surface area (Å²) >= 11 is 3.54. The van der Waals surface area contributed by atoms with Crippen LogP contribution >= 0.6 is 15.9 Å². The zero-order valence-corrected chi connectivity index (χ0v) is 11.3. The van der Waals surface area contributed by atoms with Gasteiger partial charge in [-0.25, -0.2) is 0 Å². The monoisotopic (exact) mass is 290 g/mol. The average molecular weight is 291 g/mol. The van der Waals surface area contributed by atoms with E-state index in [0.717, 1.165) is 16.7 Å². The lowest BCUT2D eigenvalue weighted by molar-refractivity contribution is 0.919. The van der Waals surface area contributed by atoms with Crippen LogP contribution in [0.5, 0.6) is 0 Å². The summed E-state index contributed by atoms with van der Waals surface area (Å²) in [6, 6.07) is 16.2. The van der Waals surface area contributed by atoms with Crippen molar-refractivity contribution in [2.24, 2.45) is 0 Å². The molecule has 3 heteroatoms. The summed E-state index contributed by atoms with van der Waals surface area (Å²) in [5.41, 5.74) is 8.94. The summed E-state index contributed by atoms with van der Waals surface area (Å²) in [4.78, 5) is 2.20. The topological polar surface area (TPSA) is 29.3 Å². The minimum absolute atomic E-state index is 0.781. The molecule has 2 nitrogen and oxygen atoms in total. The molecule has 0 aliphatic carbocycles. The molecule has 0 spiro atoms. The van der Waals surface area contributed by atoms with Gasteiger partial charge < -0.3 is 10.6 Å². The second kappa shape index (κ2) is 5.23. The number of anilines is 2. The summed E-state index contributed by atoms with van der Waals surface area (Å²) in [7, 11) is 2.08. The lowest BCUT2D eigenvalue weighted by atomic mass is 10.2. The van der Waals surface area contributed by atoms with Crippen LogP contribution in [-0.2, 0) is 6.54 Å². The van der Waals surface area contributed by atoms with Gasteiger partial charge in [0.15, 0.2) is 0 Å². The fraction of sp³-hybridized carbons (Fsp3) is 0.143. The van der Waals surface area contributed by atoms with Gasteiger partial charge in [-0.15, -0.1) is 0 Å². The fourth-order valence-corrected chi connectivity index (χ4v) is 2.24. The number of nitrogens with two attached hydrogens (primary N) is 1. The molecule has 0 saturated heterocycles. The molecule has 0 amide bonds. The molecular formula is C14H15BrN2. The smallest absolute Gasteiger partial charge is 0.0437 e. The molecule has 0 aliphatic rings. The van der Waals surface area contributed by atoms with Crippen molar-refractivity contribution in [1.29, 1.82) is 0 Å². The van der Waals surface area contributed by atoms with Crippen molar-refractivity contribution in [3.63, 3.8) is 0 Å². The number of para-hydroxylation sites is 1. The van der Waals surface area contributed by atoms with Gasteiger partial charge in [-0.1, -0.05) is 40.2 Å². The second-order valence-corrected chi connectivity index (χ2v) is 4.90. The van der Waals surface area contributed by atoms with Gasteiger partial charge >= 0.3 is 0 Å². The first kappa shape index (κ1) is 12.0. The maximum Gasteiger partial charge on any atom is 0.0437 e. The molecule has 0 aromatic heterocycles. The molecule has 0 bridgehead atoms. The van der Waals surface area contributed by atoms with Crippen molar-refractivity contribution >= 4 is 27.3 Å². The van der Waals surface area contributed by atoms with Crippen molar-refractivity contribution in [2.75, 3.05) is 17.7 Å². The van der Waals surface area contributed by atoms with Crippen LogP contribution in [0.3, 0.4) is 0 Å². The minimum atomic E-state index is 0.781. The maximum absolute atomic E-state index is 5.73. The molecule has 2 aromatic rings. The van der Waals surface area contributed by atoms with Crippen LogP contribution in [0.25, 0.3) is 0 Å². The summed E-state index contributed by atoms with van der Waals surface area (Å²) in [5, 5.41) is 0. The van der Waals surface area contributed by atoms with Crippen LogP contribution in [-0.4, -0.2) is 7.05 Å². The van der Waals surface area contributed by atoms with E-state index in [4.69, 9.17) is 5.73 Å². The first-order valence-corrected chi connectivity index (χ1v) is 6.26. The Bertz CT molecular complexity index is 497. The largest absolute Gasteiger partial charge is 0.399 e. The highest BCUT2D eigenvalue weighted by Crippen LogP contribution is 2.23. The zero-order valence-electron chi connectivity index (χ0n) is 9.73. The lowest BCUT2D eigenvalue weighted by Crippen LogP contribution is -2.16. The Labute approximate surface area is 110 Å². The van der Waals surface area contributed by atoms with Crippen LogP contribution in [0.2, 0.25) is 0 Å². The molecule has 2 rings (SSSR count). The van der Waals surface area contributed by atoms with E-state index >= 15 is 0 Å². The number of halogens is 1. The lowest BCUT2D eigenvalue weighted by Gasteiger charge is -2.20. The molecule has 0 heterocycles. The van der Waals surface area contributed by atoms with E-state index in [0.29, 0.717) is 0 Å². The van der Waals surface area contributed by atoms with Gasteiger partial charge in [0.1, 0.15) is 0 Å². The highest BCUT2D eigenvalue weighted by molar-refractivity contribution is 9.10. The predicted molar refractivity (Wildman–Crippen MR) is 77.1 cm³/mol. The summed E-state index contributed by atoms with van der Waals surface area (Å²) in [6.07, 6.45) is 0. The van der Waals surface area contributed by atoms with E-state index in [9.17, 15) is 0 Å². The van der Waals surface area contributed by atoms with Crippen LogP contribution in [0.4, 0.5) is 11.4 Å². The fourth-order valence-electron chi connectivity index (χ4n) is 1.72. The highest BCUT2D eigenvalue weighted by atomic mass is 79.9. The van der Waals surface area contributed by atoms with E-state index < -0.39 is 0 Å². The Balaban J connectivity index is 2.16. The van der Waals surface area contributed by atoms with Gasteiger partial charge in [0, 0.05) is 29.4 Å². The Morgan fingerprint density at radius 3 is 2.47 bits per heavy atom. The SMILES string of the molecule is CN(Cc1ccc(N)cc1Br)c1ccccc1. The molecule has 17 heavy (non-hydrogen) atoms. The third-order valence-electron chi connectivity index (χ3n) is 2.68. The van der Waals surface area contributed by atoms with E-state index in [2.05, 4.69) is 46.1 Å². The van der Waals surface area contributed by atoms with E-state index in [1.807, 2.05) is 30.3 Å². The predicted octanol–water partition coefficient (Wildman–Crippen LogP) is 3.67. The van der Waals surface area contributed by atoms with Crippen molar-refractivity contribution in [1.82, 2.24) is 0 Å². The molecule has 0 radical (unpaired) electrons. The van der Waals surface area contributed by atoms with E-state index in [-0.39, 0.29) is 0 Å². The van der Waals surface area contributed by atoms with Crippen LogP contribution in [0, 0.1) is 0 Å². The summed E-state index contributed by atoms with van der Waals surface area (Å²) < 4.78 is 1.06. The standard InChI is InChI=1S/C14H15BrN2/c1-17(13-5-3-2-4-6-13)10-11-7-8-12(16)9-14(11)15/h2-9H,10,16H2,1H3. The first-order valence-electron chi connectivity index (χ1n) is 5.47. The molecule has 0 fully saturated rings. The molecule has 88 valence electrons. The number of hydrogen-bond acceptors (Lipinski definition) is 2. The molecule has 0 aliphatic heterocycles. The van der Waals surface area contributed by atoms with Gasteiger partial charge in [-0.2, -0.15) is 0 Å². The maximum atomic E-state index is 5.73. The third kappa shape index (κ3) is 3.01. The molecular weight excluding hydrogens is 276 g/mol. The number of nitrogens with zero attached hydrogens (tertiary/aromatic N) is 1. The van der Waals surface area contributed by atoms with Gasteiger partial charge in [0.2, 0.25) is 0 Å². The Morgan fingerprint density at radius 1 is 1.12 bits per heavy atom. The second-order valence-electron chi connectivity index (χ2n) is 4.04. The van der Waals surface area contributed by atoms with Crippen molar-refractivity contribution < 1.29 is 0 Å². The molecule has 0 unspecified atom stereocenters. The van der Waals surface area contributed by atoms with Crippen molar-refractivity contribution in [3.8, 4) is 0 Å². The Morgan fingerprint density at radius 2 is 1.82 bits per heavy atom. The Hall–Kier alpha value is -1.48. The van der Waals surface area contributed by atoms with Gasteiger partial charge in [-0.05, 0) is 29.8 Å². The normalized spacial score (nSPS) is 10.2. The molecule has 0 saturated carbocycles. The first-order chi connectivity index (χ1) is 8.16. The zero-order chi connectivity index (χ0) is 12.3. The number of hydrogen-bond donors (Lipinski definition) is 1. The van der Waals surface area contributed by atoms with Crippen molar-refractivity contribution in [3.05, 3.63) is 58.6 Å². The summed E-state index contributed by atoms with van der Waals surface area (Å²) in [5.74, 6) is 0. The van der Waals surface area contributed by atoms with Gasteiger partial charge in [0.25, 0.3) is 0 Å². The third-order valence-corrected chi connectivity index (χ3v) is 3.42. The number of benzene rings is 2. The summed E-state index contributed by atoms with van der Waals surface area (Å²) in [6.45, 7) is 0.852. The quantitative estimate of drug-likeness (QED) is 0.874. The molecule has 2 aromatic carbocycles. The van der Waals surface area contributed by atoms with Crippen LogP contribution < -0.4 is 10.6 Å². The Kier molecular flexibility index (Phi) is 3.69. The molecule has 2 N–H and O–H groups in total. The minimum Gasteiger partial charge on any atom is -0.399 e. The van der Waals surface area contributed by atoms with Crippen LogP contribution in [0.1, 0.15) is 5.56 Å². The number of rotatable bonds is 3. The van der Waals surface area contributed by atoms with E-state index in [1.165, 1.54) is 11.3 Å². The van der Waals surface area contributed by atoms with Crippen molar-refractivity contribution in [2.45, 2.75) is 6.54 Å². The van der Waals surface area contributed by atoms with Gasteiger partial charge in [-0.3, -0.25) is 0 Å². The van der Waals surface area contributed by atoms with Crippen LogP contribution in [0.15, 0.2) is 53.0 Å². The van der Waals surface area contributed by atoms with Gasteiger partial charge in [0.05, 0.1) is 0 Å². The van der Waals surface area contributed by atoms with E-state index in [1.54, 1.807) is 0 Å².